The maximum absolute atomic E-state index is 6.93. The Morgan fingerprint density at radius 2 is 1.24 bits per heavy atom. The molecule has 0 aliphatic heterocycles. The second-order valence-electron chi connectivity index (χ2n) is 8.38. The molecule has 2 rings (SSSR count). The van der Waals surface area contributed by atoms with E-state index in [1.807, 2.05) is 0 Å². The zero-order chi connectivity index (χ0) is 15.5. The van der Waals surface area contributed by atoms with Crippen LogP contribution in [-0.2, 0) is 0 Å². The maximum atomic E-state index is 6.93. The molecule has 124 valence electrons. The minimum atomic E-state index is -0.231. The van der Waals surface area contributed by atoms with Crippen molar-refractivity contribution in [3.05, 3.63) is 0 Å². The lowest BCUT2D eigenvalue weighted by atomic mass is 9.47. The third kappa shape index (κ3) is 3.03. The Labute approximate surface area is 132 Å². The Hall–Kier alpha value is -0.0800. The predicted octanol–water partition coefficient (Wildman–Crippen LogP) is 4.47. The fourth-order valence-electron chi connectivity index (χ4n) is 6.21. The minimum Gasteiger partial charge on any atom is -0.329 e. The highest BCUT2D eigenvalue weighted by atomic mass is 14.9. The van der Waals surface area contributed by atoms with Crippen LogP contribution in [0.5, 0.6) is 0 Å². The van der Waals surface area contributed by atoms with Crippen molar-refractivity contribution in [3.63, 3.8) is 0 Å². The van der Waals surface area contributed by atoms with E-state index in [0.717, 1.165) is 11.8 Å². The predicted molar refractivity (Wildman–Crippen MR) is 92.1 cm³/mol. The molecule has 0 heterocycles. The highest BCUT2D eigenvalue weighted by Crippen LogP contribution is 2.57. The Kier molecular flexibility index (Phi) is 5.76. The van der Waals surface area contributed by atoms with Gasteiger partial charge in [-0.05, 0) is 55.8 Å². The van der Waals surface area contributed by atoms with Crippen molar-refractivity contribution >= 4 is 0 Å². The van der Waals surface area contributed by atoms with Gasteiger partial charge in [0.25, 0.3) is 0 Å². The first kappa shape index (κ1) is 17.3. The molecule has 21 heavy (non-hydrogen) atoms. The molecule has 2 fully saturated rings. The number of hydrogen-bond donors (Lipinski definition) is 2. The first-order chi connectivity index (χ1) is 9.96. The molecule has 2 aliphatic carbocycles. The van der Waals surface area contributed by atoms with Crippen LogP contribution in [0, 0.1) is 23.2 Å². The molecule has 0 bridgehead atoms. The summed E-state index contributed by atoms with van der Waals surface area (Å²) in [6.45, 7) is 7.72. The summed E-state index contributed by atoms with van der Waals surface area (Å²) in [5.74, 6) is 2.20. The normalized spacial score (nSPS) is 26.0. The quantitative estimate of drug-likeness (QED) is 0.786. The van der Waals surface area contributed by atoms with Crippen LogP contribution in [0.4, 0.5) is 0 Å². The van der Waals surface area contributed by atoms with Crippen LogP contribution in [0.3, 0.4) is 0 Å². The molecule has 0 aromatic heterocycles. The summed E-state index contributed by atoms with van der Waals surface area (Å²) in [7, 11) is 0. The summed E-state index contributed by atoms with van der Waals surface area (Å²) >= 11 is 0. The first-order valence-electron chi connectivity index (χ1n) is 9.45. The molecule has 1 unspecified atom stereocenters. The van der Waals surface area contributed by atoms with Gasteiger partial charge in [-0.15, -0.1) is 0 Å². The number of rotatable bonds is 5. The molecular formula is C19H38N2. The van der Waals surface area contributed by atoms with Crippen molar-refractivity contribution in [2.45, 2.75) is 90.5 Å². The van der Waals surface area contributed by atoms with Gasteiger partial charge in [-0.2, -0.15) is 0 Å². The molecule has 0 aromatic rings. The SMILES string of the molecule is CC(C)C(C1CCCCC1)(C1CCCCC1)C(C)(N)CN. The molecule has 2 aliphatic rings. The molecule has 0 spiro atoms. The summed E-state index contributed by atoms with van der Waals surface area (Å²) in [5, 5.41) is 0. The lowest BCUT2D eigenvalue weighted by Crippen LogP contribution is -2.66. The fourth-order valence-corrected chi connectivity index (χ4v) is 6.21. The monoisotopic (exact) mass is 294 g/mol. The highest BCUT2D eigenvalue weighted by Gasteiger charge is 2.56. The van der Waals surface area contributed by atoms with Crippen molar-refractivity contribution in [2.24, 2.45) is 34.6 Å². The average Bonchev–Trinajstić information content (AvgIpc) is 2.49. The van der Waals surface area contributed by atoms with E-state index in [1.165, 1.54) is 64.2 Å². The second-order valence-corrected chi connectivity index (χ2v) is 8.38. The van der Waals surface area contributed by atoms with Gasteiger partial charge in [-0.3, -0.25) is 0 Å². The minimum absolute atomic E-state index is 0.231. The Balaban J connectivity index is 2.42. The van der Waals surface area contributed by atoms with Crippen LogP contribution in [0.25, 0.3) is 0 Å². The number of hydrogen-bond acceptors (Lipinski definition) is 2. The largest absolute Gasteiger partial charge is 0.329 e. The van der Waals surface area contributed by atoms with E-state index in [1.54, 1.807) is 0 Å². The van der Waals surface area contributed by atoms with E-state index in [9.17, 15) is 0 Å². The van der Waals surface area contributed by atoms with Crippen LogP contribution in [0.1, 0.15) is 85.0 Å². The van der Waals surface area contributed by atoms with E-state index in [0.29, 0.717) is 12.5 Å². The van der Waals surface area contributed by atoms with Crippen LogP contribution in [0.2, 0.25) is 0 Å². The van der Waals surface area contributed by atoms with Gasteiger partial charge in [0.05, 0.1) is 0 Å². The lowest BCUT2D eigenvalue weighted by molar-refractivity contribution is -0.0794. The number of nitrogens with two attached hydrogens (primary N) is 2. The molecule has 2 nitrogen and oxygen atoms in total. The van der Waals surface area contributed by atoms with E-state index in [2.05, 4.69) is 20.8 Å². The molecular weight excluding hydrogens is 256 g/mol. The topological polar surface area (TPSA) is 52.0 Å². The smallest absolute Gasteiger partial charge is 0.0314 e. The van der Waals surface area contributed by atoms with Gasteiger partial charge in [-0.1, -0.05) is 52.4 Å². The molecule has 0 radical (unpaired) electrons. The Morgan fingerprint density at radius 1 is 0.857 bits per heavy atom. The summed E-state index contributed by atoms with van der Waals surface area (Å²) in [5.41, 5.74) is 13.2. The van der Waals surface area contributed by atoms with E-state index >= 15 is 0 Å². The highest BCUT2D eigenvalue weighted by molar-refractivity contribution is 5.09. The molecule has 0 amide bonds. The van der Waals surface area contributed by atoms with Crippen LogP contribution >= 0.6 is 0 Å². The molecule has 0 saturated heterocycles. The van der Waals surface area contributed by atoms with Crippen molar-refractivity contribution in [3.8, 4) is 0 Å². The van der Waals surface area contributed by atoms with E-state index < -0.39 is 0 Å². The lowest BCUT2D eigenvalue weighted by Gasteiger charge is -2.60. The Bertz CT molecular complexity index is 292. The molecule has 2 heteroatoms. The summed E-state index contributed by atoms with van der Waals surface area (Å²) in [6.07, 6.45) is 13.9. The fraction of sp³-hybridized carbons (Fsp3) is 1.00. The van der Waals surface area contributed by atoms with Crippen LogP contribution in [-0.4, -0.2) is 12.1 Å². The van der Waals surface area contributed by atoms with Gasteiger partial charge in [0, 0.05) is 12.1 Å². The zero-order valence-corrected chi connectivity index (χ0v) is 14.7. The van der Waals surface area contributed by atoms with Crippen LogP contribution < -0.4 is 11.5 Å². The zero-order valence-electron chi connectivity index (χ0n) is 14.7. The first-order valence-corrected chi connectivity index (χ1v) is 9.45. The van der Waals surface area contributed by atoms with Crippen molar-refractivity contribution in [1.29, 1.82) is 0 Å². The van der Waals surface area contributed by atoms with Gasteiger partial charge in [0.15, 0.2) is 0 Å². The van der Waals surface area contributed by atoms with E-state index in [-0.39, 0.29) is 11.0 Å². The van der Waals surface area contributed by atoms with E-state index in [4.69, 9.17) is 11.5 Å². The average molecular weight is 295 g/mol. The van der Waals surface area contributed by atoms with Gasteiger partial charge < -0.3 is 11.5 Å². The summed E-state index contributed by atoms with van der Waals surface area (Å²) in [4.78, 5) is 0. The Morgan fingerprint density at radius 3 is 1.52 bits per heavy atom. The van der Waals surface area contributed by atoms with Gasteiger partial charge in [-0.25, -0.2) is 0 Å². The molecule has 4 N–H and O–H groups in total. The summed E-state index contributed by atoms with van der Waals surface area (Å²) in [6, 6.07) is 0. The van der Waals surface area contributed by atoms with Crippen molar-refractivity contribution in [2.75, 3.05) is 6.54 Å². The standard InChI is InChI=1S/C19H38N2/c1-15(2)19(18(3,21)14-20,16-10-6-4-7-11-16)17-12-8-5-9-13-17/h15-17H,4-14,20-21H2,1-3H3. The van der Waals surface area contributed by atoms with Crippen molar-refractivity contribution in [1.82, 2.24) is 0 Å². The van der Waals surface area contributed by atoms with Gasteiger partial charge >= 0.3 is 0 Å². The van der Waals surface area contributed by atoms with Gasteiger partial charge in [0.2, 0.25) is 0 Å². The molecule has 2 saturated carbocycles. The molecule has 1 atom stereocenters. The second kappa shape index (κ2) is 7.00. The van der Waals surface area contributed by atoms with Crippen molar-refractivity contribution < 1.29 is 0 Å². The molecule has 0 aromatic carbocycles. The summed E-state index contributed by atoms with van der Waals surface area (Å²) < 4.78 is 0. The van der Waals surface area contributed by atoms with Gasteiger partial charge in [0.1, 0.15) is 0 Å². The third-order valence-corrected chi connectivity index (χ3v) is 6.93. The maximum Gasteiger partial charge on any atom is 0.0314 e. The third-order valence-electron chi connectivity index (χ3n) is 6.93. The van der Waals surface area contributed by atoms with Crippen LogP contribution in [0.15, 0.2) is 0 Å².